The van der Waals surface area contributed by atoms with Crippen LogP contribution in [-0.2, 0) is 38.1 Å². The zero-order valence-corrected chi connectivity index (χ0v) is 21.6. The molecular formula is C26H42O8. The van der Waals surface area contributed by atoms with Crippen molar-refractivity contribution in [2.24, 2.45) is 11.8 Å². The molecule has 0 unspecified atom stereocenters. The molecule has 0 aromatic carbocycles. The molecule has 1 rings (SSSR count). The van der Waals surface area contributed by atoms with E-state index in [1.807, 2.05) is 13.8 Å². The van der Waals surface area contributed by atoms with Crippen LogP contribution in [-0.4, -0.2) is 49.3 Å². The lowest BCUT2D eigenvalue weighted by Gasteiger charge is -2.35. The maximum atomic E-state index is 12.6. The molecule has 1 aliphatic carbocycles. The molecule has 0 spiro atoms. The summed E-state index contributed by atoms with van der Waals surface area (Å²) < 4.78 is 21.9. The van der Waals surface area contributed by atoms with Crippen molar-refractivity contribution in [1.29, 1.82) is 0 Å². The van der Waals surface area contributed by atoms with E-state index in [4.69, 9.17) is 18.9 Å². The molecular weight excluding hydrogens is 440 g/mol. The number of rotatable bonds is 14. The lowest BCUT2D eigenvalue weighted by atomic mass is 9.91. The molecule has 8 heteroatoms. The highest BCUT2D eigenvalue weighted by atomic mass is 16.6. The molecule has 0 N–H and O–H groups in total. The van der Waals surface area contributed by atoms with Crippen molar-refractivity contribution in [3.05, 3.63) is 11.6 Å². The third-order valence-corrected chi connectivity index (χ3v) is 6.23. The Morgan fingerprint density at radius 2 is 1.47 bits per heavy atom. The van der Waals surface area contributed by atoms with Crippen molar-refractivity contribution in [2.45, 2.75) is 111 Å². The number of carbonyl (C=O) groups excluding carboxylic acids is 4. The average molecular weight is 483 g/mol. The molecule has 0 aliphatic heterocycles. The van der Waals surface area contributed by atoms with Gasteiger partial charge in [-0.3, -0.25) is 14.4 Å². The highest BCUT2D eigenvalue weighted by Gasteiger charge is 2.43. The second-order valence-electron chi connectivity index (χ2n) is 9.00. The van der Waals surface area contributed by atoms with Gasteiger partial charge in [-0.15, -0.1) is 0 Å². The topological polar surface area (TPSA) is 105 Å². The van der Waals surface area contributed by atoms with E-state index in [2.05, 4.69) is 6.92 Å². The largest absolute Gasteiger partial charge is 0.466 e. The van der Waals surface area contributed by atoms with E-state index in [0.29, 0.717) is 19.3 Å². The lowest BCUT2D eigenvalue weighted by molar-refractivity contribution is -0.186. The summed E-state index contributed by atoms with van der Waals surface area (Å²) in [5.74, 6) is -2.77. The number of hydrogen-bond donors (Lipinski definition) is 0. The lowest BCUT2D eigenvalue weighted by Crippen LogP contribution is -2.49. The number of methoxy groups -OCH3 is 1. The van der Waals surface area contributed by atoms with Crippen LogP contribution in [0, 0.1) is 11.8 Å². The van der Waals surface area contributed by atoms with Crippen LogP contribution in [0.2, 0.25) is 0 Å². The smallest absolute Gasteiger partial charge is 0.333 e. The first-order valence-electron chi connectivity index (χ1n) is 12.6. The summed E-state index contributed by atoms with van der Waals surface area (Å²) in [5, 5.41) is 0. The third-order valence-electron chi connectivity index (χ3n) is 6.23. The molecule has 0 saturated carbocycles. The maximum absolute atomic E-state index is 12.6. The molecule has 0 fully saturated rings. The molecule has 34 heavy (non-hydrogen) atoms. The zero-order valence-electron chi connectivity index (χ0n) is 21.6. The summed E-state index contributed by atoms with van der Waals surface area (Å²) in [4.78, 5) is 50.1. The Balaban J connectivity index is 3.15. The summed E-state index contributed by atoms with van der Waals surface area (Å²) in [5.41, 5.74) is 0.207. The van der Waals surface area contributed by atoms with Crippen molar-refractivity contribution in [3.63, 3.8) is 0 Å². The van der Waals surface area contributed by atoms with Crippen LogP contribution in [0.15, 0.2) is 11.6 Å². The summed E-state index contributed by atoms with van der Waals surface area (Å²) in [7, 11) is 1.24. The van der Waals surface area contributed by atoms with Gasteiger partial charge >= 0.3 is 23.9 Å². The third kappa shape index (κ3) is 9.47. The number of esters is 4. The van der Waals surface area contributed by atoms with E-state index < -0.39 is 42.2 Å². The van der Waals surface area contributed by atoms with E-state index in [0.717, 1.165) is 25.7 Å². The molecule has 0 aromatic heterocycles. The highest BCUT2D eigenvalue weighted by molar-refractivity contribution is 5.89. The van der Waals surface area contributed by atoms with Gasteiger partial charge in [-0.25, -0.2) is 4.79 Å². The maximum Gasteiger partial charge on any atom is 0.333 e. The Kier molecular flexibility index (Phi) is 13.5. The van der Waals surface area contributed by atoms with Crippen LogP contribution >= 0.6 is 0 Å². The molecule has 0 radical (unpaired) electrons. The van der Waals surface area contributed by atoms with E-state index in [9.17, 15) is 19.2 Å². The standard InChI is InChI=1S/C26H42O8/c1-7-10-11-12-13-14-22(27)34-23-20(32-24(28)17(4)8-2)15-19(26(30)31-6)16-21(23)33-25(29)18(5)9-3/h15,17-18,20-21,23H,7-14,16H2,1-6H3/t17-,18-,20-,21-,23-/m1/s1. The van der Waals surface area contributed by atoms with Crippen molar-refractivity contribution in [1.82, 2.24) is 0 Å². The second kappa shape index (κ2) is 15.5. The van der Waals surface area contributed by atoms with Crippen LogP contribution in [0.1, 0.15) is 92.4 Å². The summed E-state index contributed by atoms with van der Waals surface area (Å²) in [6.07, 6.45) is 4.57. The molecule has 8 nitrogen and oxygen atoms in total. The van der Waals surface area contributed by atoms with Crippen LogP contribution in [0.3, 0.4) is 0 Å². The van der Waals surface area contributed by atoms with Gasteiger partial charge < -0.3 is 18.9 Å². The van der Waals surface area contributed by atoms with Crippen LogP contribution in [0.5, 0.6) is 0 Å². The first kappa shape index (κ1) is 29.7. The van der Waals surface area contributed by atoms with Crippen LogP contribution in [0.25, 0.3) is 0 Å². The fourth-order valence-corrected chi connectivity index (χ4v) is 3.47. The molecule has 0 amide bonds. The Hall–Kier alpha value is -2.38. The number of ether oxygens (including phenoxy) is 4. The molecule has 0 aromatic rings. The first-order chi connectivity index (χ1) is 16.2. The fraction of sp³-hybridized carbons (Fsp3) is 0.769. The van der Waals surface area contributed by atoms with Gasteiger partial charge in [0.2, 0.25) is 0 Å². The molecule has 5 atom stereocenters. The van der Waals surface area contributed by atoms with Gasteiger partial charge in [0.25, 0.3) is 0 Å². The van der Waals surface area contributed by atoms with Crippen molar-refractivity contribution < 1.29 is 38.1 Å². The van der Waals surface area contributed by atoms with Gasteiger partial charge in [0, 0.05) is 18.4 Å². The predicted octanol–water partition coefficient (Wildman–Crippen LogP) is 4.68. The van der Waals surface area contributed by atoms with E-state index in [1.54, 1.807) is 13.8 Å². The van der Waals surface area contributed by atoms with Crippen molar-refractivity contribution in [3.8, 4) is 0 Å². The highest BCUT2D eigenvalue weighted by Crippen LogP contribution is 2.29. The minimum absolute atomic E-state index is 0.000671. The molecule has 0 heterocycles. The minimum atomic E-state index is -1.07. The number of unbranched alkanes of at least 4 members (excludes halogenated alkanes) is 4. The molecule has 0 saturated heterocycles. The fourth-order valence-electron chi connectivity index (χ4n) is 3.47. The Morgan fingerprint density at radius 3 is 2.03 bits per heavy atom. The van der Waals surface area contributed by atoms with Crippen molar-refractivity contribution in [2.75, 3.05) is 7.11 Å². The van der Waals surface area contributed by atoms with E-state index in [-0.39, 0.29) is 30.3 Å². The second-order valence-corrected chi connectivity index (χ2v) is 9.00. The Morgan fingerprint density at radius 1 is 0.882 bits per heavy atom. The normalized spacial score (nSPS) is 21.6. The summed E-state index contributed by atoms with van der Waals surface area (Å²) in [6, 6.07) is 0. The predicted molar refractivity (Wildman–Crippen MR) is 127 cm³/mol. The molecule has 0 bridgehead atoms. The zero-order chi connectivity index (χ0) is 25.7. The first-order valence-corrected chi connectivity index (χ1v) is 12.6. The van der Waals surface area contributed by atoms with Gasteiger partial charge in [0.15, 0.2) is 12.2 Å². The minimum Gasteiger partial charge on any atom is -0.466 e. The SMILES string of the molecule is CCCCCCCC(=O)O[C@@H]1[C@H](OC(=O)[C@H](C)CC)C=C(C(=O)OC)C[C@H]1OC(=O)[C@H](C)CC. The van der Waals surface area contributed by atoms with Gasteiger partial charge in [0.05, 0.1) is 18.9 Å². The Labute approximate surface area is 203 Å². The number of hydrogen-bond acceptors (Lipinski definition) is 8. The monoisotopic (exact) mass is 482 g/mol. The summed E-state index contributed by atoms with van der Waals surface area (Å²) in [6.45, 7) is 9.30. The van der Waals surface area contributed by atoms with E-state index in [1.165, 1.54) is 13.2 Å². The average Bonchev–Trinajstić information content (AvgIpc) is 2.83. The Bertz CT molecular complexity index is 714. The number of carbonyl (C=O) groups is 4. The molecule has 194 valence electrons. The van der Waals surface area contributed by atoms with Crippen LogP contribution < -0.4 is 0 Å². The van der Waals surface area contributed by atoms with Gasteiger partial charge in [-0.05, 0) is 25.3 Å². The van der Waals surface area contributed by atoms with Gasteiger partial charge in [0.1, 0.15) is 6.10 Å². The van der Waals surface area contributed by atoms with Crippen LogP contribution in [0.4, 0.5) is 0 Å². The van der Waals surface area contributed by atoms with Crippen molar-refractivity contribution >= 4 is 23.9 Å². The van der Waals surface area contributed by atoms with Gasteiger partial charge in [-0.2, -0.15) is 0 Å². The summed E-state index contributed by atoms with van der Waals surface area (Å²) >= 11 is 0. The molecule has 1 aliphatic rings. The van der Waals surface area contributed by atoms with Gasteiger partial charge in [-0.1, -0.05) is 60.3 Å². The van der Waals surface area contributed by atoms with E-state index >= 15 is 0 Å². The quantitative estimate of drug-likeness (QED) is 0.200.